The molecule has 0 spiro atoms. The molecule has 200 valence electrons. The molecule has 3 aromatic rings. The van der Waals surface area contributed by atoms with E-state index in [4.69, 9.17) is 4.74 Å². The number of nitrogens with one attached hydrogen (secondary N) is 2. The number of H-pyrrole nitrogens is 1. The number of nitrogens with zero attached hydrogens (tertiary/aromatic N) is 4. The lowest BCUT2D eigenvalue weighted by molar-refractivity contribution is 0.0609. The highest BCUT2D eigenvalue weighted by molar-refractivity contribution is 5.99. The number of benzene rings is 1. The van der Waals surface area contributed by atoms with Crippen molar-refractivity contribution in [2.45, 2.75) is 52.2 Å². The van der Waals surface area contributed by atoms with Gasteiger partial charge in [0.1, 0.15) is 23.9 Å². The van der Waals surface area contributed by atoms with Crippen molar-refractivity contribution in [1.29, 1.82) is 0 Å². The Bertz CT molecular complexity index is 1470. The van der Waals surface area contributed by atoms with E-state index in [0.717, 1.165) is 29.9 Å². The summed E-state index contributed by atoms with van der Waals surface area (Å²) in [6.45, 7) is 5.88. The number of hydrogen-bond acceptors (Lipinski definition) is 6. The molecule has 2 atom stereocenters. The summed E-state index contributed by atoms with van der Waals surface area (Å²) in [6.07, 6.45) is 4.33. The fourth-order valence-corrected chi connectivity index (χ4v) is 4.84. The number of amides is 2. The fraction of sp³-hybridized carbons (Fsp3) is 0.385. The van der Waals surface area contributed by atoms with Gasteiger partial charge in [0.2, 0.25) is 5.43 Å². The third-order valence-corrected chi connectivity index (χ3v) is 7.06. The minimum absolute atomic E-state index is 0.0299. The Kier molecular flexibility index (Phi) is 6.64. The zero-order valence-corrected chi connectivity index (χ0v) is 21.3. The standard InChI is InChI=1S/C26H28F2N6O4/c1-4-5-8-38-24-22-26(37)32-13-34(15(3)21-20(14(32)2)30-12-31-21)33(22)11-18(23(24)35)25(36)29-10-16-6-7-17(27)9-19(16)28/h6-7,9,11-12,14-15H,4-5,8,10,13H2,1-3H3,(H,29,36)(H,30,31)/t14-,15+/m0/s1. The molecule has 2 N–H and O–H groups in total. The summed E-state index contributed by atoms with van der Waals surface area (Å²) in [5, 5.41) is 4.36. The van der Waals surface area contributed by atoms with Gasteiger partial charge in [0.15, 0.2) is 11.4 Å². The highest BCUT2D eigenvalue weighted by atomic mass is 19.1. The maximum atomic E-state index is 14.1. The molecule has 5 rings (SSSR count). The molecule has 0 saturated carbocycles. The zero-order valence-electron chi connectivity index (χ0n) is 21.3. The summed E-state index contributed by atoms with van der Waals surface area (Å²) >= 11 is 0. The number of aromatic amines is 1. The smallest absolute Gasteiger partial charge is 0.278 e. The molecule has 0 saturated heterocycles. The van der Waals surface area contributed by atoms with E-state index in [1.165, 1.54) is 16.9 Å². The number of carbonyl (C=O) groups excluding carboxylic acids is 2. The van der Waals surface area contributed by atoms with Gasteiger partial charge >= 0.3 is 0 Å². The molecule has 2 aliphatic heterocycles. The molecule has 1 aromatic carbocycles. The SMILES string of the molecule is CCCCOc1c2n(cc(C(=O)NCc3ccc(F)cc3F)c1=O)N1CN(C2=O)[C@@H](C)c2[nH]cnc2[C@H]1C. The number of carbonyl (C=O) groups is 2. The lowest BCUT2D eigenvalue weighted by atomic mass is 10.1. The van der Waals surface area contributed by atoms with Crippen LogP contribution in [0.25, 0.3) is 0 Å². The van der Waals surface area contributed by atoms with Crippen molar-refractivity contribution in [3.8, 4) is 5.75 Å². The van der Waals surface area contributed by atoms with E-state index in [0.29, 0.717) is 6.42 Å². The van der Waals surface area contributed by atoms with Crippen LogP contribution in [-0.2, 0) is 6.54 Å². The summed E-state index contributed by atoms with van der Waals surface area (Å²) < 4.78 is 34.7. The minimum Gasteiger partial charge on any atom is -0.487 e. The highest BCUT2D eigenvalue weighted by Crippen LogP contribution is 2.37. The first kappa shape index (κ1) is 25.4. The van der Waals surface area contributed by atoms with Gasteiger partial charge < -0.3 is 19.9 Å². The van der Waals surface area contributed by atoms with Crippen LogP contribution in [0.1, 0.15) is 83.5 Å². The number of halogens is 2. The molecule has 0 radical (unpaired) electrons. The second-order valence-corrected chi connectivity index (χ2v) is 9.42. The van der Waals surface area contributed by atoms with Crippen molar-refractivity contribution in [2.24, 2.45) is 0 Å². The minimum atomic E-state index is -0.816. The molecule has 2 bridgehead atoms. The van der Waals surface area contributed by atoms with E-state index in [-0.39, 0.29) is 54.5 Å². The largest absolute Gasteiger partial charge is 0.487 e. The van der Waals surface area contributed by atoms with Gasteiger partial charge in [-0.05, 0) is 26.3 Å². The first-order valence-electron chi connectivity index (χ1n) is 12.5. The lowest BCUT2D eigenvalue weighted by Crippen LogP contribution is -2.54. The molecule has 2 aliphatic rings. The van der Waals surface area contributed by atoms with E-state index < -0.39 is 28.9 Å². The third-order valence-electron chi connectivity index (χ3n) is 7.06. The van der Waals surface area contributed by atoms with Crippen molar-refractivity contribution in [3.05, 3.63) is 80.8 Å². The van der Waals surface area contributed by atoms with E-state index >= 15 is 0 Å². The number of fused-ring (bicyclic) bond motifs is 5. The molecule has 38 heavy (non-hydrogen) atoms. The monoisotopic (exact) mass is 526 g/mol. The quantitative estimate of drug-likeness (QED) is 0.458. The first-order valence-corrected chi connectivity index (χ1v) is 12.5. The highest BCUT2D eigenvalue weighted by Gasteiger charge is 2.43. The average Bonchev–Trinajstić information content (AvgIpc) is 3.36. The Labute approximate surface area is 217 Å². The van der Waals surface area contributed by atoms with E-state index in [1.807, 2.05) is 25.8 Å². The van der Waals surface area contributed by atoms with Gasteiger partial charge in [-0.1, -0.05) is 19.4 Å². The van der Waals surface area contributed by atoms with Crippen LogP contribution in [0, 0.1) is 11.6 Å². The normalized spacial score (nSPS) is 18.1. The van der Waals surface area contributed by atoms with Gasteiger partial charge in [-0.2, -0.15) is 0 Å². The number of unbranched alkanes of at least 4 members (excludes halogenated alkanes) is 1. The van der Waals surface area contributed by atoms with Crippen molar-refractivity contribution in [1.82, 2.24) is 24.9 Å². The van der Waals surface area contributed by atoms with Crippen molar-refractivity contribution in [2.75, 3.05) is 18.3 Å². The zero-order chi connectivity index (χ0) is 27.1. The average molecular weight is 527 g/mol. The topological polar surface area (TPSA) is 113 Å². The van der Waals surface area contributed by atoms with Crippen LogP contribution in [-0.4, -0.2) is 44.6 Å². The van der Waals surface area contributed by atoms with Gasteiger partial charge in [-0.15, -0.1) is 0 Å². The second-order valence-electron chi connectivity index (χ2n) is 9.42. The predicted molar refractivity (Wildman–Crippen MR) is 133 cm³/mol. The molecule has 4 heterocycles. The molecular weight excluding hydrogens is 498 g/mol. The van der Waals surface area contributed by atoms with Crippen LogP contribution >= 0.6 is 0 Å². The predicted octanol–water partition coefficient (Wildman–Crippen LogP) is 3.15. The van der Waals surface area contributed by atoms with Crippen molar-refractivity contribution >= 4 is 11.8 Å². The van der Waals surface area contributed by atoms with Crippen LogP contribution in [0.3, 0.4) is 0 Å². The van der Waals surface area contributed by atoms with Gasteiger partial charge in [-0.3, -0.25) is 24.1 Å². The van der Waals surface area contributed by atoms with Gasteiger partial charge in [0.05, 0.1) is 36.4 Å². The van der Waals surface area contributed by atoms with Crippen LogP contribution < -0.4 is 20.5 Å². The summed E-state index contributed by atoms with van der Waals surface area (Å²) in [6, 6.07) is 2.37. The Morgan fingerprint density at radius 3 is 2.76 bits per heavy atom. The Hall–Kier alpha value is -4.22. The van der Waals surface area contributed by atoms with Crippen molar-refractivity contribution in [3.63, 3.8) is 0 Å². The number of ether oxygens (including phenoxy) is 1. The van der Waals surface area contributed by atoms with Crippen molar-refractivity contribution < 1.29 is 23.1 Å². The first-order chi connectivity index (χ1) is 18.2. The van der Waals surface area contributed by atoms with E-state index in [2.05, 4.69) is 15.3 Å². The Morgan fingerprint density at radius 2 is 2.03 bits per heavy atom. The second kappa shape index (κ2) is 9.92. The molecule has 0 unspecified atom stereocenters. The number of imidazole rings is 1. The Balaban J connectivity index is 1.58. The number of pyridine rings is 1. The third kappa shape index (κ3) is 4.19. The summed E-state index contributed by atoms with van der Waals surface area (Å²) in [4.78, 5) is 49.7. The fourth-order valence-electron chi connectivity index (χ4n) is 4.84. The molecular formula is C26H28F2N6O4. The number of hydrogen-bond donors (Lipinski definition) is 2. The maximum absolute atomic E-state index is 14.1. The molecule has 12 heteroatoms. The van der Waals surface area contributed by atoms with Crippen LogP contribution in [0.15, 0.2) is 35.5 Å². The molecule has 0 aliphatic carbocycles. The molecule has 10 nitrogen and oxygen atoms in total. The summed E-state index contributed by atoms with van der Waals surface area (Å²) in [5.74, 6) is -2.95. The lowest BCUT2D eigenvalue weighted by Gasteiger charge is -2.42. The summed E-state index contributed by atoms with van der Waals surface area (Å²) in [7, 11) is 0. The van der Waals surface area contributed by atoms with Gasteiger partial charge in [-0.25, -0.2) is 13.8 Å². The van der Waals surface area contributed by atoms with Crippen LogP contribution in [0.5, 0.6) is 5.75 Å². The maximum Gasteiger partial charge on any atom is 0.278 e. The number of aromatic nitrogens is 3. The van der Waals surface area contributed by atoms with E-state index in [9.17, 15) is 23.2 Å². The van der Waals surface area contributed by atoms with E-state index in [1.54, 1.807) is 11.2 Å². The van der Waals surface area contributed by atoms with Crippen LogP contribution in [0.2, 0.25) is 0 Å². The van der Waals surface area contributed by atoms with Gasteiger partial charge in [0.25, 0.3) is 11.8 Å². The molecule has 0 fully saturated rings. The summed E-state index contributed by atoms with van der Waals surface area (Å²) in [5.41, 5.74) is 0.612. The molecule has 2 aromatic heterocycles. The number of rotatable bonds is 7. The van der Waals surface area contributed by atoms with Crippen LogP contribution in [0.4, 0.5) is 8.78 Å². The molecule has 2 amide bonds. The Morgan fingerprint density at radius 1 is 1.24 bits per heavy atom. The van der Waals surface area contributed by atoms with Gasteiger partial charge in [0, 0.05) is 24.4 Å².